The van der Waals surface area contributed by atoms with Crippen molar-refractivity contribution in [1.82, 2.24) is 4.72 Å². The van der Waals surface area contributed by atoms with Crippen LogP contribution in [-0.2, 0) is 24.3 Å². The highest BCUT2D eigenvalue weighted by atomic mass is 32.2. The van der Waals surface area contributed by atoms with E-state index in [1.807, 2.05) is 12.2 Å². The van der Waals surface area contributed by atoms with Crippen molar-refractivity contribution in [1.29, 1.82) is 0 Å². The van der Waals surface area contributed by atoms with Crippen molar-refractivity contribution in [2.24, 2.45) is 0 Å². The SMILES string of the molecule is CC1(C)O[C@@H](C/C=C/CCCC(=O)O)[C@@H](CNS(=O)(=O)c2ccccc2)O1. The molecule has 0 bridgehead atoms. The van der Waals surface area contributed by atoms with Gasteiger partial charge in [-0.25, -0.2) is 13.1 Å². The molecule has 0 unspecified atom stereocenters. The lowest BCUT2D eigenvalue weighted by atomic mass is 10.1. The third kappa shape index (κ3) is 7.06. The number of sulfonamides is 1. The normalized spacial score (nSPS) is 22.3. The maximum absolute atomic E-state index is 12.4. The van der Waals surface area contributed by atoms with E-state index < -0.39 is 27.9 Å². The van der Waals surface area contributed by atoms with E-state index in [1.54, 1.807) is 32.0 Å². The first-order valence-corrected chi connectivity index (χ1v) is 10.4. The number of aliphatic carboxylic acids is 1. The molecule has 8 heteroatoms. The number of nitrogens with one attached hydrogen (secondary N) is 1. The Morgan fingerprint density at radius 3 is 2.52 bits per heavy atom. The van der Waals surface area contributed by atoms with Crippen LogP contribution in [0.2, 0.25) is 0 Å². The molecule has 1 aromatic carbocycles. The van der Waals surface area contributed by atoms with Gasteiger partial charge in [0.25, 0.3) is 0 Å². The van der Waals surface area contributed by atoms with E-state index in [0.29, 0.717) is 19.3 Å². The zero-order valence-corrected chi connectivity index (χ0v) is 16.4. The molecule has 2 N–H and O–H groups in total. The molecule has 1 aliphatic heterocycles. The van der Waals surface area contributed by atoms with Gasteiger partial charge in [0.2, 0.25) is 10.0 Å². The number of ether oxygens (including phenoxy) is 2. The largest absolute Gasteiger partial charge is 0.481 e. The molecule has 0 saturated carbocycles. The summed E-state index contributed by atoms with van der Waals surface area (Å²) in [5.74, 6) is -1.59. The van der Waals surface area contributed by atoms with Crippen LogP contribution >= 0.6 is 0 Å². The number of hydrogen-bond acceptors (Lipinski definition) is 5. The summed E-state index contributed by atoms with van der Waals surface area (Å²) in [6, 6.07) is 8.18. The highest BCUT2D eigenvalue weighted by Gasteiger charge is 2.40. The molecular formula is C19H27NO6S. The van der Waals surface area contributed by atoms with Crippen LogP contribution in [0.5, 0.6) is 0 Å². The minimum Gasteiger partial charge on any atom is -0.481 e. The van der Waals surface area contributed by atoms with Gasteiger partial charge in [-0.3, -0.25) is 4.79 Å². The zero-order chi connectivity index (χ0) is 19.9. The van der Waals surface area contributed by atoms with Crippen LogP contribution in [0.15, 0.2) is 47.4 Å². The Kier molecular flexibility index (Phi) is 7.55. The van der Waals surface area contributed by atoms with Crippen LogP contribution < -0.4 is 4.72 Å². The second kappa shape index (κ2) is 9.45. The highest BCUT2D eigenvalue weighted by molar-refractivity contribution is 7.89. The van der Waals surface area contributed by atoms with E-state index in [-0.39, 0.29) is 24.0 Å². The molecule has 0 amide bonds. The van der Waals surface area contributed by atoms with Crippen molar-refractivity contribution in [3.63, 3.8) is 0 Å². The van der Waals surface area contributed by atoms with E-state index in [1.165, 1.54) is 12.1 Å². The summed E-state index contributed by atoms with van der Waals surface area (Å²) >= 11 is 0. The average molecular weight is 397 g/mol. The molecule has 150 valence electrons. The third-order valence-corrected chi connectivity index (χ3v) is 5.55. The lowest BCUT2D eigenvalue weighted by molar-refractivity contribution is -0.145. The van der Waals surface area contributed by atoms with Crippen molar-refractivity contribution >= 4 is 16.0 Å². The summed E-state index contributed by atoms with van der Waals surface area (Å²) < 4.78 is 39.1. The van der Waals surface area contributed by atoms with Gasteiger partial charge in [0.15, 0.2) is 5.79 Å². The maximum Gasteiger partial charge on any atom is 0.303 e. The van der Waals surface area contributed by atoms with Crippen LogP contribution in [0.25, 0.3) is 0 Å². The van der Waals surface area contributed by atoms with Gasteiger partial charge in [-0.05, 0) is 45.2 Å². The maximum atomic E-state index is 12.4. The third-order valence-electron chi connectivity index (χ3n) is 4.11. The molecule has 2 rings (SSSR count). The van der Waals surface area contributed by atoms with Crippen LogP contribution in [0.1, 0.15) is 39.5 Å². The van der Waals surface area contributed by atoms with Crippen molar-refractivity contribution in [2.45, 2.75) is 62.4 Å². The first-order valence-electron chi connectivity index (χ1n) is 8.97. The summed E-state index contributed by atoms with van der Waals surface area (Å²) in [7, 11) is -3.61. The smallest absolute Gasteiger partial charge is 0.303 e. The van der Waals surface area contributed by atoms with Crippen molar-refractivity contribution < 1.29 is 27.8 Å². The molecule has 1 aliphatic rings. The number of allylic oxidation sites excluding steroid dienone is 1. The molecule has 0 aliphatic carbocycles. The standard InChI is InChI=1S/C19H27NO6S/c1-19(2)25-16(12-8-3-4-9-13-18(21)22)17(26-19)14-20-27(23,24)15-10-6-5-7-11-15/h3,5-8,10-11,16-17,20H,4,9,12-14H2,1-2H3,(H,21,22)/b8-3+/t16-,17+/m0/s1. The molecule has 0 radical (unpaired) electrons. The molecule has 1 heterocycles. The molecule has 1 fully saturated rings. The molecule has 2 atom stereocenters. The van der Waals surface area contributed by atoms with Gasteiger partial charge in [0.1, 0.15) is 6.10 Å². The lowest BCUT2D eigenvalue weighted by Gasteiger charge is -2.17. The topological polar surface area (TPSA) is 102 Å². The lowest BCUT2D eigenvalue weighted by Crippen LogP contribution is -2.37. The number of unbranched alkanes of at least 4 members (excludes halogenated alkanes) is 1. The predicted octanol–water partition coefficient (Wildman–Crippen LogP) is 2.69. The quantitative estimate of drug-likeness (QED) is 0.465. The zero-order valence-electron chi connectivity index (χ0n) is 15.6. The van der Waals surface area contributed by atoms with Gasteiger partial charge in [-0.2, -0.15) is 0 Å². The number of carbonyl (C=O) groups is 1. The van der Waals surface area contributed by atoms with E-state index in [4.69, 9.17) is 14.6 Å². The van der Waals surface area contributed by atoms with E-state index in [9.17, 15) is 13.2 Å². The Bertz CT molecular complexity index is 745. The van der Waals surface area contributed by atoms with Gasteiger partial charge in [0, 0.05) is 13.0 Å². The summed E-state index contributed by atoms with van der Waals surface area (Å²) in [5, 5.41) is 8.63. The fourth-order valence-electron chi connectivity index (χ4n) is 2.88. The Labute approximate surface area is 160 Å². The van der Waals surface area contributed by atoms with Gasteiger partial charge in [-0.15, -0.1) is 0 Å². The number of carboxylic acids is 1. The van der Waals surface area contributed by atoms with Gasteiger partial charge in [-0.1, -0.05) is 30.4 Å². The van der Waals surface area contributed by atoms with Crippen LogP contribution in [0.4, 0.5) is 0 Å². The van der Waals surface area contributed by atoms with Gasteiger partial charge in [0.05, 0.1) is 11.0 Å². The van der Waals surface area contributed by atoms with Crippen LogP contribution in [-0.4, -0.2) is 44.0 Å². The summed E-state index contributed by atoms with van der Waals surface area (Å²) in [5.41, 5.74) is 0. The molecule has 7 nitrogen and oxygen atoms in total. The van der Waals surface area contributed by atoms with Crippen molar-refractivity contribution in [3.8, 4) is 0 Å². The van der Waals surface area contributed by atoms with Crippen molar-refractivity contribution in [3.05, 3.63) is 42.5 Å². The molecular weight excluding hydrogens is 370 g/mol. The highest BCUT2D eigenvalue weighted by Crippen LogP contribution is 2.30. The first kappa shape index (κ1) is 21.6. The number of hydrogen-bond donors (Lipinski definition) is 2. The molecule has 1 saturated heterocycles. The van der Waals surface area contributed by atoms with Gasteiger partial charge >= 0.3 is 5.97 Å². The van der Waals surface area contributed by atoms with E-state index in [2.05, 4.69) is 4.72 Å². The fourth-order valence-corrected chi connectivity index (χ4v) is 3.94. The number of rotatable bonds is 10. The minimum absolute atomic E-state index is 0.109. The van der Waals surface area contributed by atoms with Gasteiger partial charge < -0.3 is 14.6 Å². The average Bonchev–Trinajstić information content (AvgIpc) is 2.90. The number of benzene rings is 1. The fraction of sp³-hybridized carbons (Fsp3) is 0.526. The van der Waals surface area contributed by atoms with E-state index >= 15 is 0 Å². The van der Waals surface area contributed by atoms with Crippen LogP contribution in [0.3, 0.4) is 0 Å². The molecule has 0 spiro atoms. The Morgan fingerprint density at radius 2 is 1.85 bits per heavy atom. The monoisotopic (exact) mass is 397 g/mol. The second-order valence-electron chi connectivity index (χ2n) is 6.87. The minimum atomic E-state index is -3.61. The molecule has 27 heavy (non-hydrogen) atoms. The Hall–Kier alpha value is -1.74. The summed E-state index contributed by atoms with van der Waals surface area (Å²) in [4.78, 5) is 10.7. The number of carboxylic acid groups (broad SMARTS) is 1. The van der Waals surface area contributed by atoms with Crippen LogP contribution in [0, 0.1) is 0 Å². The first-order chi connectivity index (χ1) is 12.7. The second-order valence-corrected chi connectivity index (χ2v) is 8.64. The Balaban J connectivity index is 1.89. The molecule has 1 aromatic rings. The summed E-state index contributed by atoms with van der Waals surface area (Å²) in [6.45, 7) is 3.70. The molecule has 0 aromatic heterocycles. The Morgan fingerprint density at radius 1 is 1.19 bits per heavy atom. The predicted molar refractivity (Wildman–Crippen MR) is 101 cm³/mol. The van der Waals surface area contributed by atoms with Crippen molar-refractivity contribution in [2.75, 3.05) is 6.54 Å². The van der Waals surface area contributed by atoms with E-state index in [0.717, 1.165) is 0 Å². The summed E-state index contributed by atoms with van der Waals surface area (Å²) in [6.07, 6.45) is 5.11.